The summed E-state index contributed by atoms with van der Waals surface area (Å²) in [5.74, 6) is -4.40. The number of ether oxygens (including phenoxy) is 1. The molecule has 2 saturated heterocycles. The second-order valence-electron chi connectivity index (χ2n) is 8.95. The van der Waals surface area contributed by atoms with Gasteiger partial charge < -0.3 is 9.84 Å². The van der Waals surface area contributed by atoms with E-state index in [1.54, 1.807) is 24.3 Å². The normalized spacial score (nSPS) is 36.6. The molecule has 34 heavy (non-hydrogen) atoms. The van der Waals surface area contributed by atoms with Gasteiger partial charge in [-0.1, -0.05) is 45.8 Å². The van der Waals surface area contributed by atoms with Crippen molar-refractivity contribution in [3.8, 4) is 5.75 Å². The monoisotopic (exact) mass is 570 g/mol. The van der Waals surface area contributed by atoms with Gasteiger partial charge in [0.1, 0.15) is 12.4 Å². The van der Waals surface area contributed by atoms with Gasteiger partial charge in [0, 0.05) is 11.5 Å². The highest BCUT2D eigenvalue weighted by Gasteiger charge is 2.76. The van der Waals surface area contributed by atoms with Gasteiger partial charge in [-0.2, -0.15) is 0 Å². The van der Waals surface area contributed by atoms with Crippen LogP contribution in [0, 0.1) is 17.8 Å². The van der Waals surface area contributed by atoms with E-state index in [2.05, 4.69) is 21.2 Å². The van der Waals surface area contributed by atoms with Crippen LogP contribution in [0.3, 0.4) is 0 Å². The summed E-state index contributed by atoms with van der Waals surface area (Å²) in [5, 5.41) is 11.7. The number of aliphatic hydroxyl groups excluding tert-OH is 1. The highest BCUT2D eigenvalue weighted by Crippen LogP contribution is 2.65. The van der Waals surface area contributed by atoms with Crippen molar-refractivity contribution in [3.63, 3.8) is 0 Å². The third kappa shape index (κ3) is 3.00. The van der Waals surface area contributed by atoms with Crippen LogP contribution in [-0.4, -0.2) is 62.1 Å². The van der Waals surface area contributed by atoms with Crippen LogP contribution < -0.4 is 10.1 Å². The standard InChI is InChI=1S/C23H21BrCl2N2O6/c24-10-28-20(32)22(25)9-14-11(5-6-13-16(14)19(31)27-18(13)30)17(23(22,26)21(28)33)12-3-1-2-4-15(12)34-8-7-29/h1-5,13-14,16-17,29H,6-10H2,(H,27,30,31). The van der Waals surface area contributed by atoms with E-state index < -0.39 is 51.1 Å². The smallest absolute Gasteiger partial charge is 0.254 e. The number of allylic oxidation sites excluding steroid dienone is 2. The number of carbonyl (C=O) groups excluding carboxylic acids is 4. The van der Waals surface area contributed by atoms with E-state index in [-0.39, 0.29) is 31.0 Å². The fourth-order valence-electron chi connectivity index (χ4n) is 6.02. The van der Waals surface area contributed by atoms with Gasteiger partial charge in [-0.05, 0) is 24.8 Å². The Labute approximate surface area is 213 Å². The van der Waals surface area contributed by atoms with E-state index >= 15 is 0 Å². The van der Waals surface area contributed by atoms with Crippen molar-refractivity contribution in [3.05, 3.63) is 41.5 Å². The van der Waals surface area contributed by atoms with Gasteiger partial charge in [-0.25, -0.2) is 0 Å². The molecule has 0 aromatic heterocycles. The number of rotatable bonds is 5. The van der Waals surface area contributed by atoms with Crippen molar-refractivity contribution in [2.24, 2.45) is 17.8 Å². The summed E-state index contributed by atoms with van der Waals surface area (Å²) >= 11 is 17.4. The Hall–Kier alpha value is -1.94. The summed E-state index contributed by atoms with van der Waals surface area (Å²) in [5.41, 5.74) is 1.13. The minimum Gasteiger partial charge on any atom is -0.491 e. The van der Waals surface area contributed by atoms with Crippen LogP contribution in [-0.2, 0) is 19.2 Å². The van der Waals surface area contributed by atoms with Crippen LogP contribution in [0.15, 0.2) is 35.9 Å². The zero-order valence-electron chi connectivity index (χ0n) is 17.8. The molecule has 11 heteroatoms. The van der Waals surface area contributed by atoms with Gasteiger partial charge in [0.05, 0.1) is 23.9 Å². The lowest BCUT2D eigenvalue weighted by atomic mass is 9.56. The van der Waals surface area contributed by atoms with Crippen molar-refractivity contribution >= 4 is 62.8 Å². The maximum Gasteiger partial charge on any atom is 0.254 e. The van der Waals surface area contributed by atoms with E-state index in [9.17, 15) is 24.3 Å². The van der Waals surface area contributed by atoms with Crippen LogP contribution in [0.2, 0.25) is 0 Å². The quantitative estimate of drug-likeness (QED) is 0.242. The Balaban J connectivity index is 1.75. The summed E-state index contributed by atoms with van der Waals surface area (Å²) in [7, 11) is 0. The molecule has 2 aliphatic carbocycles. The summed E-state index contributed by atoms with van der Waals surface area (Å²) in [6.07, 6.45) is 2.10. The molecule has 2 aliphatic heterocycles. The fraction of sp³-hybridized carbons (Fsp3) is 0.478. The summed E-state index contributed by atoms with van der Waals surface area (Å²) in [6.45, 7) is -0.216. The number of amides is 4. The Morgan fingerprint density at radius 2 is 1.85 bits per heavy atom. The largest absolute Gasteiger partial charge is 0.491 e. The van der Waals surface area contributed by atoms with E-state index in [0.717, 1.165) is 4.90 Å². The number of aliphatic hydroxyl groups is 1. The van der Waals surface area contributed by atoms with Crippen LogP contribution in [0.4, 0.5) is 0 Å². The minimum atomic E-state index is -1.88. The number of hydrogen-bond acceptors (Lipinski definition) is 6. The molecular formula is C23H21BrCl2N2O6. The predicted octanol–water partition coefficient (Wildman–Crippen LogP) is 2.06. The lowest BCUT2D eigenvalue weighted by Gasteiger charge is -2.51. The van der Waals surface area contributed by atoms with Crippen LogP contribution in [0.5, 0.6) is 5.75 Å². The first kappa shape index (κ1) is 23.8. The Bertz CT molecular complexity index is 1140. The predicted molar refractivity (Wildman–Crippen MR) is 126 cm³/mol. The number of carbonyl (C=O) groups is 4. The molecule has 4 amide bonds. The highest BCUT2D eigenvalue weighted by atomic mass is 79.9. The van der Waals surface area contributed by atoms with Gasteiger partial charge in [-0.15, -0.1) is 23.2 Å². The molecule has 2 N–H and O–H groups in total. The van der Waals surface area contributed by atoms with E-state index in [1.807, 2.05) is 6.08 Å². The molecular weight excluding hydrogens is 551 g/mol. The second kappa shape index (κ2) is 8.33. The fourth-order valence-corrected chi connectivity index (χ4v) is 7.43. The SMILES string of the molecule is O=C1NC(=O)C2C1CC=C1C2CC2(Cl)C(=O)N(CBr)C(=O)C2(Cl)C1c1ccccc1OCCO. The van der Waals surface area contributed by atoms with E-state index in [0.29, 0.717) is 23.3 Å². The molecule has 180 valence electrons. The zero-order valence-corrected chi connectivity index (χ0v) is 20.9. The van der Waals surface area contributed by atoms with Crippen molar-refractivity contribution in [1.82, 2.24) is 10.2 Å². The van der Waals surface area contributed by atoms with E-state index in [1.165, 1.54) is 0 Å². The number of nitrogens with zero attached hydrogens (tertiary/aromatic N) is 1. The first-order valence-corrected chi connectivity index (χ1v) is 12.8. The maximum atomic E-state index is 13.7. The number of nitrogens with one attached hydrogen (secondary N) is 1. The number of benzene rings is 1. The number of hydrogen-bond donors (Lipinski definition) is 2. The minimum absolute atomic E-state index is 0.00945. The Kier molecular flexibility index (Phi) is 5.82. The molecule has 3 fully saturated rings. The molecule has 0 radical (unpaired) electrons. The summed E-state index contributed by atoms with van der Waals surface area (Å²) in [6, 6.07) is 6.92. The molecule has 0 spiro atoms. The van der Waals surface area contributed by atoms with Crippen LogP contribution in [0.1, 0.15) is 24.3 Å². The maximum absolute atomic E-state index is 13.7. The van der Waals surface area contributed by atoms with Crippen molar-refractivity contribution in [2.75, 3.05) is 18.7 Å². The average Bonchev–Trinajstić information content (AvgIpc) is 3.19. The number of para-hydroxylation sites is 1. The summed E-state index contributed by atoms with van der Waals surface area (Å²) in [4.78, 5) is 49.6. The molecule has 6 unspecified atom stereocenters. The van der Waals surface area contributed by atoms with Crippen molar-refractivity contribution in [1.29, 1.82) is 0 Å². The average molecular weight is 572 g/mol. The topological polar surface area (TPSA) is 113 Å². The number of alkyl halides is 3. The van der Waals surface area contributed by atoms with Gasteiger partial charge in [0.15, 0.2) is 9.75 Å². The molecule has 5 rings (SSSR count). The summed E-state index contributed by atoms with van der Waals surface area (Å²) < 4.78 is 5.75. The van der Waals surface area contributed by atoms with Gasteiger partial charge in [0.25, 0.3) is 11.8 Å². The lowest BCUT2D eigenvalue weighted by Crippen LogP contribution is -2.60. The molecule has 1 aromatic rings. The first-order chi connectivity index (χ1) is 16.2. The Morgan fingerprint density at radius 1 is 1.12 bits per heavy atom. The first-order valence-electron chi connectivity index (χ1n) is 10.9. The second-order valence-corrected chi connectivity index (χ2v) is 10.7. The third-order valence-electron chi connectivity index (χ3n) is 7.44. The van der Waals surface area contributed by atoms with Gasteiger partial charge in [-0.3, -0.25) is 29.4 Å². The van der Waals surface area contributed by atoms with Gasteiger partial charge >= 0.3 is 0 Å². The number of likely N-dealkylation sites (tertiary alicyclic amines) is 1. The van der Waals surface area contributed by atoms with Gasteiger partial charge in [0.2, 0.25) is 11.8 Å². The van der Waals surface area contributed by atoms with Crippen molar-refractivity contribution < 1.29 is 29.0 Å². The molecule has 1 saturated carbocycles. The zero-order chi connectivity index (χ0) is 24.4. The third-order valence-corrected chi connectivity index (χ3v) is 9.35. The number of halogens is 3. The molecule has 2 heterocycles. The lowest BCUT2D eigenvalue weighted by molar-refractivity contribution is -0.138. The number of imide groups is 2. The molecule has 8 nitrogen and oxygen atoms in total. The molecule has 0 bridgehead atoms. The van der Waals surface area contributed by atoms with E-state index in [4.69, 9.17) is 27.9 Å². The highest BCUT2D eigenvalue weighted by molar-refractivity contribution is 9.09. The molecule has 1 aromatic carbocycles. The van der Waals surface area contributed by atoms with Crippen molar-refractivity contribution in [2.45, 2.75) is 28.5 Å². The van der Waals surface area contributed by atoms with Crippen LogP contribution >= 0.6 is 39.1 Å². The molecule has 6 atom stereocenters. The Morgan fingerprint density at radius 3 is 2.56 bits per heavy atom. The molecule has 4 aliphatic rings. The van der Waals surface area contributed by atoms with Crippen LogP contribution in [0.25, 0.3) is 0 Å². The number of fused-ring (bicyclic) bond motifs is 4.